The molecule has 4 aromatic rings. The lowest BCUT2D eigenvalue weighted by Crippen LogP contribution is -2.17. The van der Waals surface area contributed by atoms with Gasteiger partial charge in [-0.05, 0) is 59.5 Å². The minimum absolute atomic E-state index is 0. The molecule has 0 aliphatic heterocycles. The maximum Gasteiger partial charge on any atom is 0.159 e. The van der Waals surface area contributed by atoms with Gasteiger partial charge in [0.2, 0.25) is 0 Å². The standard InChI is InChI=1S/C23H19F2N5.ClH/c24-21-6-3-17(11-22(21)25)20-12-23(20)27-13-18-14-30(29-28-18)19-4-1-15(2-5-19)16-7-9-26-10-8-16;/h1-11,14,20,23,27H,12-13H2;1H/t20-,23+;/m0./s1. The van der Waals surface area contributed by atoms with Crippen LogP contribution in [0.2, 0.25) is 0 Å². The number of pyridine rings is 1. The minimum Gasteiger partial charge on any atom is -0.308 e. The van der Waals surface area contributed by atoms with Gasteiger partial charge in [-0.25, -0.2) is 13.5 Å². The molecule has 1 saturated carbocycles. The zero-order valence-corrected chi connectivity index (χ0v) is 17.3. The summed E-state index contributed by atoms with van der Waals surface area (Å²) in [6.07, 6.45) is 6.34. The normalized spacial score (nSPS) is 17.2. The van der Waals surface area contributed by atoms with Crippen LogP contribution in [-0.2, 0) is 6.54 Å². The first-order valence-corrected chi connectivity index (χ1v) is 9.78. The fourth-order valence-electron chi connectivity index (χ4n) is 3.62. The first-order chi connectivity index (χ1) is 14.7. The van der Waals surface area contributed by atoms with Crippen LogP contribution in [0.15, 0.2) is 73.2 Å². The Morgan fingerprint density at radius 1 is 0.935 bits per heavy atom. The van der Waals surface area contributed by atoms with Crippen molar-refractivity contribution < 1.29 is 8.78 Å². The molecule has 0 radical (unpaired) electrons. The smallest absolute Gasteiger partial charge is 0.159 e. The fraction of sp³-hybridized carbons (Fsp3) is 0.174. The highest BCUT2D eigenvalue weighted by atomic mass is 35.5. The van der Waals surface area contributed by atoms with Crippen molar-refractivity contribution >= 4 is 12.4 Å². The maximum atomic E-state index is 13.4. The van der Waals surface area contributed by atoms with Crippen molar-refractivity contribution in [2.24, 2.45) is 0 Å². The van der Waals surface area contributed by atoms with Crippen LogP contribution in [0.25, 0.3) is 16.8 Å². The van der Waals surface area contributed by atoms with E-state index < -0.39 is 11.6 Å². The lowest BCUT2D eigenvalue weighted by molar-refractivity contribution is 0.506. The van der Waals surface area contributed by atoms with Gasteiger partial charge in [-0.15, -0.1) is 17.5 Å². The molecule has 1 fully saturated rings. The highest BCUT2D eigenvalue weighted by molar-refractivity contribution is 5.85. The van der Waals surface area contributed by atoms with E-state index in [4.69, 9.17) is 0 Å². The highest BCUT2D eigenvalue weighted by Crippen LogP contribution is 2.41. The number of rotatable bonds is 6. The number of benzene rings is 2. The summed E-state index contributed by atoms with van der Waals surface area (Å²) in [6.45, 7) is 0.569. The zero-order chi connectivity index (χ0) is 20.5. The second kappa shape index (κ2) is 8.91. The Morgan fingerprint density at radius 2 is 1.68 bits per heavy atom. The van der Waals surface area contributed by atoms with Gasteiger partial charge in [0, 0.05) is 30.9 Å². The summed E-state index contributed by atoms with van der Waals surface area (Å²) >= 11 is 0. The average molecular weight is 440 g/mol. The average Bonchev–Trinajstić information content (AvgIpc) is 3.41. The first-order valence-electron chi connectivity index (χ1n) is 9.78. The molecule has 5 nitrogen and oxygen atoms in total. The Morgan fingerprint density at radius 3 is 2.42 bits per heavy atom. The van der Waals surface area contributed by atoms with Gasteiger partial charge in [0.05, 0.1) is 17.6 Å². The molecule has 1 aliphatic carbocycles. The minimum atomic E-state index is -0.811. The largest absolute Gasteiger partial charge is 0.308 e. The Bertz CT molecular complexity index is 1160. The van der Waals surface area contributed by atoms with Gasteiger partial charge in [-0.1, -0.05) is 23.4 Å². The lowest BCUT2D eigenvalue weighted by Gasteiger charge is -2.04. The van der Waals surface area contributed by atoms with Crippen LogP contribution < -0.4 is 5.32 Å². The number of aromatic nitrogens is 4. The summed E-state index contributed by atoms with van der Waals surface area (Å²) in [5.41, 5.74) is 4.80. The Balaban J connectivity index is 0.00000231. The van der Waals surface area contributed by atoms with Crippen LogP contribution in [0.5, 0.6) is 0 Å². The van der Waals surface area contributed by atoms with E-state index in [0.717, 1.165) is 34.5 Å². The summed E-state index contributed by atoms with van der Waals surface area (Å²) < 4.78 is 28.2. The molecule has 0 spiro atoms. The first kappa shape index (κ1) is 21.1. The van der Waals surface area contributed by atoms with Crippen LogP contribution >= 0.6 is 12.4 Å². The molecule has 1 N–H and O–H groups in total. The summed E-state index contributed by atoms with van der Waals surface area (Å²) in [4.78, 5) is 4.04. The van der Waals surface area contributed by atoms with Crippen molar-refractivity contribution in [1.82, 2.24) is 25.3 Å². The van der Waals surface area contributed by atoms with E-state index in [1.807, 2.05) is 42.6 Å². The molecule has 5 rings (SSSR count). The third-order valence-electron chi connectivity index (χ3n) is 5.39. The van der Waals surface area contributed by atoms with Gasteiger partial charge in [0.1, 0.15) is 0 Å². The quantitative estimate of drug-likeness (QED) is 0.474. The van der Waals surface area contributed by atoms with E-state index in [-0.39, 0.29) is 24.4 Å². The van der Waals surface area contributed by atoms with Crippen LogP contribution in [0.3, 0.4) is 0 Å². The third-order valence-corrected chi connectivity index (χ3v) is 5.39. The maximum absolute atomic E-state index is 13.4. The number of nitrogens with zero attached hydrogens (tertiary/aromatic N) is 4. The molecule has 2 heterocycles. The Labute approximate surface area is 184 Å². The highest BCUT2D eigenvalue weighted by Gasteiger charge is 2.38. The van der Waals surface area contributed by atoms with E-state index in [1.165, 1.54) is 12.1 Å². The zero-order valence-electron chi connectivity index (χ0n) is 16.5. The number of halogens is 3. The van der Waals surface area contributed by atoms with Crippen molar-refractivity contribution in [1.29, 1.82) is 0 Å². The molecule has 2 aromatic carbocycles. The number of hydrogen-bond acceptors (Lipinski definition) is 4. The third kappa shape index (κ3) is 4.62. The van der Waals surface area contributed by atoms with Crippen LogP contribution in [0.4, 0.5) is 8.78 Å². The van der Waals surface area contributed by atoms with E-state index in [0.29, 0.717) is 6.54 Å². The molecule has 0 amide bonds. The second-order valence-electron chi connectivity index (χ2n) is 7.44. The monoisotopic (exact) mass is 439 g/mol. The summed E-state index contributed by atoms with van der Waals surface area (Å²) in [5.74, 6) is -1.40. The predicted molar refractivity (Wildman–Crippen MR) is 116 cm³/mol. The van der Waals surface area contributed by atoms with Crippen LogP contribution in [0, 0.1) is 11.6 Å². The van der Waals surface area contributed by atoms with E-state index in [1.54, 1.807) is 23.1 Å². The summed E-state index contributed by atoms with van der Waals surface area (Å²) in [5, 5.41) is 11.9. The molecule has 8 heteroatoms. The second-order valence-corrected chi connectivity index (χ2v) is 7.44. The van der Waals surface area contributed by atoms with Gasteiger partial charge < -0.3 is 5.32 Å². The van der Waals surface area contributed by atoms with Gasteiger partial charge in [0.15, 0.2) is 11.6 Å². The molecular weight excluding hydrogens is 420 g/mol. The molecule has 2 aromatic heterocycles. The van der Waals surface area contributed by atoms with Crippen LogP contribution in [0.1, 0.15) is 23.6 Å². The lowest BCUT2D eigenvalue weighted by atomic mass is 10.1. The Hall–Kier alpha value is -3.16. The van der Waals surface area contributed by atoms with Crippen molar-refractivity contribution in [3.8, 4) is 16.8 Å². The van der Waals surface area contributed by atoms with E-state index in [2.05, 4.69) is 20.6 Å². The van der Waals surface area contributed by atoms with Crippen molar-refractivity contribution in [2.75, 3.05) is 0 Å². The van der Waals surface area contributed by atoms with Gasteiger partial charge >= 0.3 is 0 Å². The topological polar surface area (TPSA) is 55.6 Å². The fourth-order valence-corrected chi connectivity index (χ4v) is 3.62. The van der Waals surface area contributed by atoms with Gasteiger partial charge in [-0.2, -0.15) is 0 Å². The predicted octanol–water partition coefficient (Wildman–Crippen LogP) is 4.68. The number of nitrogens with one attached hydrogen (secondary N) is 1. The molecular formula is C23H20ClF2N5. The van der Waals surface area contributed by atoms with E-state index in [9.17, 15) is 8.78 Å². The summed E-state index contributed by atoms with van der Waals surface area (Å²) in [7, 11) is 0. The van der Waals surface area contributed by atoms with Crippen LogP contribution in [-0.4, -0.2) is 26.0 Å². The van der Waals surface area contributed by atoms with Crippen molar-refractivity contribution in [3.05, 3.63) is 96.1 Å². The SMILES string of the molecule is Cl.Fc1ccc([C@@H]2C[C@H]2NCc2cn(-c3ccc(-c4ccncc4)cc3)nn2)cc1F. The molecule has 1 aliphatic rings. The molecule has 0 saturated heterocycles. The molecule has 2 atom stereocenters. The van der Waals surface area contributed by atoms with Crippen molar-refractivity contribution in [2.45, 2.75) is 24.9 Å². The molecule has 158 valence electrons. The van der Waals surface area contributed by atoms with E-state index >= 15 is 0 Å². The molecule has 31 heavy (non-hydrogen) atoms. The molecule has 0 bridgehead atoms. The molecule has 0 unspecified atom stereocenters. The van der Waals surface area contributed by atoms with Crippen molar-refractivity contribution in [3.63, 3.8) is 0 Å². The van der Waals surface area contributed by atoms with Gasteiger partial charge in [-0.3, -0.25) is 4.98 Å². The number of hydrogen-bond donors (Lipinski definition) is 1. The Kier molecular flexibility index (Phi) is 6.06. The summed E-state index contributed by atoms with van der Waals surface area (Å²) in [6, 6.07) is 16.4. The van der Waals surface area contributed by atoms with Gasteiger partial charge in [0.25, 0.3) is 0 Å².